The van der Waals surface area contributed by atoms with Crippen molar-refractivity contribution in [3.8, 4) is 0 Å². The van der Waals surface area contributed by atoms with Gasteiger partial charge in [-0.3, -0.25) is 4.79 Å². The zero-order valence-corrected chi connectivity index (χ0v) is 12.6. The third-order valence-corrected chi connectivity index (χ3v) is 3.92. The van der Waals surface area contributed by atoms with Gasteiger partial charge in [-0.25, -0.2) is 4.98 Å². The minimum atomic E-state index is -0.0508. The molecule has 0 spiro atoms. The molecule has 0 radical (unpaired) electrons. The van der Waals surface area contributed by atoms with Crippen molar-refractivity contribution in [2.75, 3.05) is 13.6 Å². The van der Waals surface area contributed by atoms with Crippen LogP contribution in [0.4, 0.5) is 0 Å². The van der Waals surface area contributed by atoms with E-state index < -0.39 is 0 Å². The van der Waals surface area contributed by atoms with E-state index in [0.29, 0.717) is 18.8 Å². The van der Waals surface area contributed by atoms with Gasteiger partial charge in [-0.1, -0.05) is 29.8 Å². The summed E-state index contributed by atoms with van der Waals surface area (Å²) in [5, 5.41) is 2.72. The van der Waals surface area contributed by atoms with E-state index >= 15 is 0 Å². The quantitative estimate of drug-likeness (QED) is 0.918. The van der Waals surface area contributed by atoms with E-state index in [1.54, 1.807) is 17.3 Å². The topological polar surface area (TPSA) is 59.2 Å². The number of nitrogens with two attached hydrogens (primary N) is 1. The van der Waals surface area contributed by atoms with E-state index in [0.717, 1.165) is 17.0 Å². The monoisotopic (exact) mass is 289 g/mol. The maximum Gasteiger partial charge on any atom is 0.273 e. The van der Waals surface area contributed by atoms with Gasteiger partial charge >= 0.3 is 0 Å². The molecule has 20 heavy (non-hydrogen) atoms. The molecule has 1 heterocycles. The van der Waals surface area contributed by atoms with Crippen LogP contribution in [0.2, 0.25) is 0 Å². The largest absolute Gasteiger partial charge is 0.336 e. The van der Waals surface area contributed by atoms with Gasteiger partial charge in [0.25, 0.3) is 5.91 Å². The molecule has 0 aliphatic rings. The fourth-order valence-corrected chi connectivity index (χ4v) is 2.67. The standard InChI is InChI=1S/C15H19N3OS/c1-11-3-5-12(6-4-11)9-18(2)15(19)13-10-20-14(17-13)7-8-16/h3-6,10H,7-9,16H2,1-2H3. The number of carbonyl (C=O) groups excluding carboxylic acids is 1. The van der Waals surface area contributed by atoms with Gasteiger partial charge < -0.3 is 10.6 Å². The molecule has 5 heteroatoms. The lowest BCUT2D eigenvalue weighted by Gasteiger charge is -2.16. The van der Waals surface area contributed by atoms with Gasteiger partial charge in [0, 0.05) is 25.4 Å². The SMILES string of the molecule is Cc1ccc(CN(C)C(=O)c2csc(CCN)n2)cc1. The fraction of sp³-hybridized carbons (Fsp3) is 0.333. The van der Waals surface area contributed by atoms with Crippen LogP contribution >= 0.6 is 11.3 Å². The minimum absolute atomic E-state index is 0.0508. The van der Waals surface area contributed by atoms with Gasteiger partial charge in [-0.15, -0.1) is 11.3 Å². The summed E-state index contributed by atoms with van der Waals surface area (Å²) in [6.07, 6.45) is 0.722. The summed E-state index contributed by atoms with van der Waals surface area (Å²) in [5.74, 6) is -0.0508. The smallest absolute Gasteiger partial charge is 0.273 e. The second-order valence-corrected chi connectivity index (χ2v) is 5.75. The first-order valence-corrected chi connectivity index (χ1v) is 7.43. The molecule has 2 N–H and O–H groups in total. The molecular weight excluding hydrogens is 270 g/mol. The number of amides is 1. The van der Waals surface area contributed by atoms with E-state index in [-0.39, 0.29) is 5.91 Å². The summed E-state index contributed by atoms with van der Waals surface area (Å²) < 4.78 is 0. The van der Waals surface area contributed by atoms with Crippen LogP contribution in [0.15, 0.2) is 29.6 Å². The van der Waals surface area contributed by atoms with Crippen LogP contribution in [0.5, 0.6) is 0 Å². The molecule has 0 fully saturated rings. The molecule has 0 saturated heterocycles. The maximum absolute atomic E-state index is 12.3. The number of hydrogen-bond donors (Lipinski definition) is 1. The highest BCUT2D eigenvalue weighted by atomic mass is 32.1. The third kappa shape index (κ3) is 3.65. The predicted molar refractivity (Wildman–Crippen MR) is 81.8 cm³/mol. The molecule has 1 amide bonds. The number of thiazole rings is 1. The molecule has 0 aliphatic heterocycles. The zero-order valence-electron chi connectivity index (χ0n) is 11.8. The number of carbonyl (C=O) groups is 1. The molecule has 2 rings (SSSR count). The molecule has 0 saturated carbocycles. The summed E-state index contributed by atoms with van der Waals surface area (Å²) in [4.78, 5) is 18.3. The van der Waals surface area contributed by atoms with Crippen molar-refractivity contribution >= 4 is 17.2 Å². The third-order valence-electron chi connectivity index (χ3n) is 3.02. The Hall–Kier alpha value is -1.72. The second kappa shape index (κ2) is 6.63. The fourth-order valence-electron chi connectivity index (χ4n) is 1.88. The van der Waals surface area contributed by atoms with Crippen LogP contribution < -0.4 is 5.73 Å². The van der Waals surface area contributed by atoms with Crippen molar-refractivity contribution in [2.45, 2.75) is 19.9 Å². The molecule has 2 aromatic rings. The van der Waals surface area contributed by atoms with Gasteiger partial charge in [0.1, 0.15) is 5.69 Å². The van der Waals surface area contributed by atoms with E-state index in [2.05, 4.69) is 17.1 Å². The number of nitrogens with zero attached hydrogens (tertiary/aromatic N) is 2. The van der Waals surface area contributed by atoms with E-state index in [1.165, 1.54) is 16.9 Å². The molecule has 1 aromatic heterocycles. The van der Waals surface area contributed by atoms with Crippen molar-refractivity contribution in [3.05, 3.63) is 51.5 Å². The predicted octanol–water partition coefficient (Wildman–Crippen LogP) is 2.22. The van der Waals surface area contributed by atoms with Gasteiger partial charge in [0.15, 0.2) is 0 Å². The van der Waals surface area contributed by atoms with Gasteiger partial charge in [0.2, 0.25) is 0 Å². The molecule has 106 valence electrons. The Kier molecular flexibility index (Phi) is 4.87. The van der Waals surface area contributed by atoms with Crippen LogP contribution in [0.3, 0.4) is 0 Å². The molecule has 1 aromatic carbocycles. The molecule has 0 aliphatic carbocycles. The molecular formula is C15H19N3OS. The van der Waals surface area contributed by atoms with Crippen LogP contribution in [0.1, 0.15) is 26.6 Å². The number of aryl methyl sites for hydroxylation is 1. The average molecular weight is 289 g/mol. The maximum atomic E-state index is 12.3. The van der Waals surface area contributed by atoms with Gasteiger partial charge in [-0.2, -0.15) is 0 Å². The van der Waals surface area contributed by atoms with Crippen molar-refractivity contribution < 1.29 is 4.79 Å². The molecule has 4 nitrogen and oxygen atoms in total. The van der Waals surface area contributed by atoms with Crippen LogP contribution in [0.25, 0.3) is 0 Å². The Labute approximate surface area is 123 Å². The zero-order chi connectivity index (χ0) is 14.5. The summed E-state index contributed by atoms with van der Waals surface area (Å²) in [5.41, 5.74) is 8.33. The van der Waals surface area contributed by atoms with E-state index in [4.69, 9.17) is 5.73 Å². The van der Waals surface area contributed by atoms with Crippen LogP contribution in [-0.4, -0.2) is 29.4 Å². The van der Waals surface area contributed by atoms with Gasteiger partial charge in [0.05, 0.1) is 5.01 Å². The van der Waals surface area contributed by atoms with Crippen molar-refractivity contribution in [1.82, 2.24) is 9.88 Å². The van der Waals surface area contributed by atoms with Gasteiger partial charge in [-0.05, 0) is 19.0 Å². The van der Waals surface area contributed by atoms with E-state index in [1.807, 2.05) is 19.1 Å². The summed E-state index contributed by atoms with van der Waals surface area (Å²) in [6, 6.07) is 8.19. The number of benzene rings is 1. The summed E-state index contributed by atoms with van der Waals surface area (Å²) in [6.45, 7) is 3.19. The first-order chi connectivity index (χ1) is 9.60. The minimum Gasteiger partial charge on any atom is -0.336 e. The van der Waals surface area contributed by atoms with E-state index in [9.17, 15) is 4.79 Å². The lowest BCUT2D eigenvalue weighted by Crippen LogP contribution is -2.26. The summed E-state index contributed by atoms with van der Waals surface area (Å²) in [7, 11) is 1.80. The first kappa shape index (κ1) is 14.7. The highest BCUT2D eigenvalue weighted by Crippen LogP contribution is 2.13. The lowest BCUT2D eigenvalue weighted by atomic mass is 10.1. The summed E-state index contributed by atoms with van der Waals surface area (Å²) >= 11 is 1.49. The molecule has 0 bridgehead atoms. The molecule has 0 unspecified atom stereocenters. The van der Waals surface area contributed by atoms with Crippen molar-refractivity contribution in [2.24, 2.45) is 5.73 Å². The Morgan fingerprint density at radius 3 is 2.70 bits per heavy atom. The number of rotatable bonds is 5. The Morgan fingerprint density at radius 2 is 2.05 bits per heavy atom. The Bertz CT molecular complexity index is 577. The average Bonchev–Trinajstić information content (AvgIpc) is 2.89. The highest BCUT2D eigenvalue weighted by Gasteiger charge is 2.15. The Balaban J connectivity index is 2.02. The number of aromatic nitrogens is 1. The van der Waals surface area contributed by atoms with Crippen LogP contribution in [-0.2, 0) is 13.0 Å². The normalized spacial score (nSPS) is 10.6. The highest BCUT2D eigenvalue weighted by molar-refractivity contribution is 7.09. The van der Waals surface area contributed by atoms with Crippen molar-refractivity contribution in [1.29, 1.82) is 0 Å². The Morgan fingerprint density at radius 1 is 1.35 bits per heavy atom. The number of hydrogen-bond acceptors (Lipinski definition) is 4. The van der Waals surface area contributed by atoms with Crippen LogP contribution in [0, 0.1) is 6.92 Å². The molecule has 0 atom stereocenters. The first-order valence-electron chi connectivity index (χ1n) is 6.55. The second-order valence-electron chi connectivity index (χ2n) is 4.81. The lowest BCUT2D eigenvalue weighted by molar-refractivity contribution is 0.0780. The van der Waals surface area contributed by atoms with Crippen molar-refractivity contribution in [3.63, 3.8) is 0 Å².